The first-order chi connectivity index (χ1) is 8.61. The number of nitriles is 1. The number of carbonyl (C=O) groups excluding carboxylic acids is 1. The Hall–Kier alpha value is -1.89. The Morgan fingerprint density at radius 2 is 2.33 bits per heavy atom. The first-order valence-corrected chi connectivity index (χ1v) is 6.07. The molecule has 1 heterocycles. The molecule has 0 saturated carbocycles. The Bertz CT molecular complexity index is 507. The molecule has 0 bridgehead atoms. The molecule has 0 radical (unpaired) electrons. The highest BCUT2D eigenvalue weighted by molar-refractivity contribution is 5.95. The molecule has 1 aromatic rings. The van der Waals surface area contributed by atoms with Gasteiger partial charge >= 0.3 is 0 Å². The van der Waals surface area contributed by atoms with E-state index in [9.17, 15) is 9.18 Å². The summed E-state index contributed by atoms with van der Waals surface area (Å²) < 4.78 is 13.0. The lowest BCUT2D eigenvalue weighted by molar-refractivity contribution is 0.0698. The number of likely N-dealkylation sites (tertiary alicyclic amines) is 1. The summed E-state index contributed by atoms with van der Waals surface area (Å²) in [6, 6.07) is 6.38. The van der Waals surface area contributed by atoms with Crippen molar-refractivity contribution in [2.45, 2.75) is 19.8 Å². The number of hydrogen-bond acceptors (Lipinski definition) is 2. The van der Waals surface area contributed by atoms with Crippen molar-refractivity contribution in [3.05, 3.63) is 35.1 Å². The Labute approximate surface area is 106 Å². The molecule has 4 heteroatoms. The van der Waals surface area contributed by atoms with Gasteiger partial charge in [-0.15, -0.1) is 0 Å². The van der Waals surface area contributed by atoms with Crippen molar-refractivity contribution < 1.29 is 9.18 Å². The number of nitrogens with zero attached hydrogens (tertiary/aromatic N) is 2. The third-order valence-electron chi connectivity index (χ3n) is 3.31. The number of rotatable bonds is 1. The van der Waals surface area contributed by atoms with E-state index in [1.165, 1.54) is 18.2 Å². The van der Waals surface area contributed by atoms with Gasteiger partial charge in [-0.2, -0.15) is 5.26 Å². The van der Waals surface area contributed by atoms with Crippen LogP contribution in [0.5, 0.6) is 0 Å². The highest BCUT2D eigenvalue weighted by atomic mass is 19.1. The third kappa shape index (κ3) is 2.51. The molecule has 1 aromatic carbocycles. The predicted molar refractivity (Wildman–Crippen MR) is 65.4 cm³/mol. The van der Waals surface area contributed by atoms with Crippen LogP contribution < -0.4 is 0 Å². The van der Waals surface area contributed by atoms with E-state index in [0.29, 0.717) is 24.2 Å². The summed E-state index contributed by atoms with van der Waals surface area (Å²) in [4.78, 5) is 14.0. The summed E-state index contributed by atoms with van der Waals surface area (Å²) in [6.45, 7) is 2.88. The fourth-order valence-electron chi connectivity index (χ4n) is 2.30. The second-order valence-electron chi connectivity index (χ2n) is 4.68. The maximum Gasteiger partial charge on any atom is 0.254 e. The van der Waals surface area contributed by atoms with Crippen molar-refractivity contribution in [2.75, 3.05) is 13.1 Å². The van der Waals surface area contributed by atoms with Gasteiger partial charge in [-0.05, 0) is 43.5 Å². The second kappa shape index (κ2) is 5.18. The van der Waals surface area contributed by atoms with Gasteiger partial charge in [0.05, 0.1) is 12.0 Å². The van der Waals surface area contributed by atoms with Gasteiger partial charge < -0.3 is 4.90 Å². The number of piperidine rings is 1. The molecule has 94 valence electrons. The van der Waals surface area contributed by atoms with Gasteiger partial charge in [-0.1, -0.05) is 0 Å². The van der Waals surface area contributed by atoms with Crippen LogP contribution in [0.2, 0.25) is 0 Å². The van der Waals surface area contributed by atoms with E-state index in [-0.39, 0.29) is 17.6 Å². The van der Waals surface area contributed by atoms with Gasteiger partial charge in [-0.25, -0.2) is 4.39 Å². The van der Waals surface area contributed by atoms with Crippen LogP contribution in [0.1, 0.15) is 28.8 Å². The van der Waals surface area contributed by atoms with Gasteiger partial charge in [0.2, 0.25) is 0 Å². The minimum Gasteiger partial charge on any atom is -0.337 e. The summed E-state index contributed by atoms with van der Waals surface area (Å²) in [5.41, 5.74) is 1.16. The molecule has 1 atom stereocenters. The molecular formula is C14H15FN2O. The maximum atomic E-state index is 13.0. The fraction of sp³-hybridized carbons (Fsp3) is 0.429. The summed E-state index contributed by atoms with van der Waals surface area (Å²) in [5.74, 6) is -0.520. The van der Waals surface area contributed by atoms with Crippen molar-refractivity contribution in [1.29, 1.82) is 5.26 Å². The Morgan fingerprint density at radius 1 is 1.56 bits per heavy atom. The number of amides is 1. The van der Waals surface area contributed by atoms with Gasteiger partial charge in [0, 0.05) is 18.7 Å². The van der Waals surface area contributed by atoms with Crippen LogP contribution in [0.15, 0.2) is 18.2 Å². The molecule has 0 aromatic heterocycles. The van der Waals surface area contributed by atoms with Crippen LogP contribution >= 0.6 is 0 Å². The maximum absolute atomic E-state index is 13.0. The molecule has 1 saturated heterocycles. The van der Waals surface area contributed by atoms with E-state index in [0.717, 1.165) is 12.8 Å². The highest BCUT2D eigenvalue weighted by Crippen LogP contribution is 2.19. The zero-order chi connectivity index (χ0) is 13.1. The van der Waals surface area contributed by atoms with Gasteiger partial charge in [-0.3, -0.25) is 4.79 Å². The minimum absolute atomic E-state index is 0.0801. The van der Waals surface area contributed by atoms with Crippen molar-refractivity contribution >= 4 is 5.91 Å². The van der Waals surface area contributed by atoms with E-state index in [4.69, 9.17) is 5.26 Å². The molecule has 18 heavy (non-hydrogen) atoms. The quantitative estimate of drug-likeness (QED) is 0.764. The van der Waals surface area contributed by atoms with Crippen molar-refractivity contribution in [3.63, 3.8) is 0 Å². The molecule has 1 amide bonds. The van der Waals surface area contributed by atoms with Crippen LogP contribution in [0.3, 0.4) is 0 Å². The first kappa shape index (κ1) is 12.6. The Kier molecular flexibility index (Phi) is 3.61. The molecule has 1 aliphatic heterocycles. The van der Waals surface area contributed by atoms with E-state index < -0.39 is 0 Å². The molecule has 0 spiro atoms. The Morgan fingerprint density at radius 3 is 3.00 bits per heavy atom. The molecule has 0 N–H and O–H groups in total. The highest BCUT2D eigenvalue weighted by Gasteiger charge is 2.25. The smallest absolute Gasteiger partial charge is 0.254 e. The second-order valence-corrected chi connectivity index (χ2v) is 4.68. The lowest BCUT2D eigenvalue weighted by Crippen LogP contribution is -2.39. The standard InChI is InChI=1S/C14H15FN2O/c1-10-7-12(15)4-5-13(10)14(18)17-6-2-3-11(8-16)9-17/h4-5,7,11H,2-3,6,9H2,1H3. The fourth-order valence-corrected chi connectivity index (χ4v) is 2.30. The molecule has 2 rings (SSSR count). The number of halogens is 1. The molecule has 0 aliphatic carbocycles. The molecule has 1 aliphatic rings. The number of carbonyl (C=O) groups is 1. The summed E-state index contributed by atoms with van der Waals surface area (Å²) in [7, 11) is 0. The van der Waals surface area contributed by atoms with Crippen LogP contribution in [-0.2, 0) is 0 Å². The Balaban J connectivity index is 2.18. The molecule has 1 unspecified atom stereocenters. The average molecular weight is 246 g/mol. The normalized spacial score (nSPS) is 19.4. The van der Waals surface area contributed by atoms with Crippen LogP contribution in [-0.4, -0.2) is 23.9 Å². The third-order valence-corrected chi connectivity index (χ3v) is 3.31. The summed E-state index contributed by atoms with van der Waals surface area (Å²) >= 11 is 0. The van der Waals surface area contributed by atoms with Crippen LogP contribution in [0, 0.1) is 30.0 Å². The van der Waals surface area contributed by atoms with Gasteiger partial charge in [0.15, 0.2) is 0 Å². The SMILES string of the molecule is Cc1cc(F)ccc1C(=O)N1CCCC(C#N)C1. The number of benzene rings is 1. The monoisotopic (exact) mass is 246 g/mol. The van der Waals surface area contributed by atoms with E-state index in [1.54, 1.807) is 11.8 Å². The van der Waals surface area contributed by atoms with E-state index in [1.807, 2.05) is 0 Å². The van der Waals surface area contributed by atoms with Crippen molar-refractivity contribution in [3.8, 4) is 6.07 Å². The van der Waals surface area contributed by atoms with E-state index >= 15 is 0 Å². The van der Waals surface area contributed by atoms with Crippen LogP contribution in [0.4, 0.5) is 4.39 Å². The number of hydrogen-bond donors (Lipinski definition) is 0. The molecule has 1 fully saturated rings. The lowest BCUT2D eigenvalue weighted by atomic mass is 9.98. The predicted octanol–water partition coefficient (Wildman–Crippen LogP) is 2.51. The van der Waals surface area contributed by atoms with E-state index in [2.05, 4.69) is 6.07 Å². The van der Waals surface area contributed by atoms with Crippen molar-refractivity contribution in [2.24, 2.45) is 5.92 Å². The zero-order valence-corrected chi connectivity index (χ0v) is 10.3. The minimum atomic E-state index is -0.336. The zero-order valence-electron chi connectivity index (χ0n) is 10.3. The lowest BCUT2D eigenvalue weighted by Gasteiger charge is -2.30. The number of aryl methyl sites for hydroxylation is 1. The molecular weight excluding hydrogens is 231 g/mol. The summed E-state index contributed by atoms with van der Waals surface area (Å²) in [5, 5.41) is 8.91. The van der Waals surface area contributed by atoms with Crippen LogP contribution in [0.25, 0.3) is 0 Å². The average Bonchev–Trinajstić information content (AvgIpc) is 2.38. The largest absolute Gasteiger partial charge is 0.337 e. The first-order valence-electron chi connectivity index (χ1n) is 6.07. The topological polar surface area (TPSA) is 44.1 Å². The van der Waals surface area contributed by atoms with Crippen molar-refractivity contribution in [1.82, 2.24) is 4.90 Å². The molecule has 3 nitrogen and oxygen atoms in total. The van der Waals surface area contributed by atoms with Gasteiger partial charge in [0.25, 0.3) is 5.91 Å². The summed E-state index contributed by atoms with van der Waals surface area (Å²) in [6.07, 6.45) is 1.70. The van der Waals surface area contributed by atoms with Gasteiger partial charge in [0.1, 0.15) is 5.82 Å².